The van der Waals surface area contributed by atoms with Gasteiger partial charge in [-0.2, -0.15) is 0 Å². The predicted molar refractivity (Wildman–Crippen MR) is 110 cm³/mol. The van der Waals surface area contributed by atoms with E-state index in [1.54, 1.807) is 12.1 Å². The van der Waals surface area contributed by atoms with Gasteiger partial charge in [-0.15, -0.1) is 0 Å². The van der Waals surface area contributed by atoms with Crippen LogP contribution in [0.25, 0.3) is 10.8 Å². The number of amides is 3. The quantitative estimate of drug-likeness (QED) is 0.582. The van der Waals surface area contributed by atoms with Crippen molar-refractivity contribution in [3.05, 3.63) is 71.8 Å². The number of anilines is 2. The van der Waals surface area contributed by atoms with Crippen molar-refractivity contribution >= 4 is 34.1 Å². The zero-order chi connectivity index (χ0) is 19.2. The molecule has 0 heterocycles. The highest BCUT2D eigenvalue weighted by atomic mass is 16.2. The number of carbonyl (C=O) groups is 2. The molecule has 4 N–H and O–H groups in total. The van der Waals surface area contributed by atoms with E-state index in [1.807, 2.05) is 48.5 Å². The fourth-order valence-electron chi connectivity index (χ4n) is 2.97. The third kappa shape index (κ3) is 4.64. The molecule has 0 saturated heterocycles. The zero-order valence-electron chi connectivity index (χ0n) is 15.3. The summed E-state index contributed by atoms with van der Waals surface area (Å²) in [7, 11) is 0. The van der Waals surface area contributed by atoms with Crippen LogP contribution in [0.2, 0.25) is 0 Å². The molecule has 138 valence electrons. The molecule has 3 rings (SSSR count). The highest BCUT2D eigenvalue weighted by Gasteiger charge is 2.13. The van der Waals surface area contributed by atoms with E-state index < -0.39 is 11.9 Å². The van der Waals surface area contributed by atoms with Crippen molar-refractivity contribution in [2.75, 3.05) is 10.6 Å². The van der Waals surface area contributed by atoms with Crippen molar-refractivity contribution in [1.29, 1.82) is 0 Å². The molecule has 0 fully saturated rings. The fraction of sp³-hybridized carbons (Fsp3) is 0.182. The minimum absolute atomic E-state index is 0.277. The number of rotatable bonds is 6. The average molecular weight is 361 g/mol. The average Bonchev–Trinajstić information content (AvgIpc) is 2.66. The standard InChI is InChI=1S/C22H23N3O2/c1-2-3-6-15-9-11-18(12-10-15)24-22(27)25-20-14-17-8-5-4-7-16(17)13-19(20)21(23)26/h4-5,7-14H,2-3,6H2,1H3,(H2,23,26)(H2,24,25,27). The van der Waals surface area contributed by atoms with Crippen molar-refractivity contribution in [2.45, 2.75) is 26.2 Å². The highest BCUT2D eigenvalue weighted by Crippen LogP contribution is 2.24. The second-order valence-corrected chi connectivity index (χ2v) is 6.49. The molecule has 27 heavy (non-hydrogen) atoms. The Morgan fingerprint density at radius 3 is 2.22 bits per heavy atom. The summed E-state index contributed by atoms with van der Waals surface area (Å²) < 4.78 is 0. The van der Waals surface area contributed by atoms with Crippen LogP contribution in [-0.4, -0.2) is 11.9 Å². The monoisotopic (exact) mass is 361 g/mol. The van der Waals surface area contributed by atoms with E-state index in [9.17, 15) is 9.59 Å². The SMILES string of the molecule is CCCCc1ccc(NC(=O)Nc2cc3ccccc3cc2C(N)=O)cc1. The van der Waals surface area contributed by atoms with E-state index in [-0.39, 0.29) is 5.56 Å². The summed E-state index contributed by atoms with van der Waals surface area (Å²) in [6.45, 7) is 2.16. The smallest absolute Gasteiger partial charge is 0.323 e. The van der Waals surface area contributed by atoms with E-state index in [0.717, 1.165) is 30.0 Å². The Morgan fingerprint density at radius 1 is 0.926 bits per heavy atom. The van der Waals surface area contributed by atoms with Crippen LogP contribution in [0, 0.1) is 0 Å². The summed E-state index contributed by atoms with van der Waals surface area (Å²) in [6.07, 6.45) is 3.32. The van der Waals surface area contributed by atoms with E-state index >= 15 is 0 Å². The molecule has 5 heteroatoms. The second-order valence-electron chi connectivity index (χ2n) is 6.49. The topological polar surface area (TPSA) is 84.2 Å². The summed E-state index contributed by atoms with van der Waals surface area (Å²) in [4.78, 5) is 24.2. The third-order valence-corrected chi connectivity index (χ3v) is 4.43. The summed E-state index contributed by atoms with van der Waals surface area (Å²) in [6, 6.07) is 18.4. The number of carbonyl (C=O) groups excluding carboxylic acids is 2. The molecule has 0 aliphatic heterocycles. The van der Waals surface area contributed by atoms with Gasteiger partial charge in [0.15, 0.2) is 0 Å². The molecular weight excluding hydrogens is 338 g/mol. The number of unbranched alkanes of at least 4 members (excludes halogenated alkanes) is 1. The van der Waals surface area contributed by atoms with Crippen LogP contribution in [0.3, 0.4) is 0 Å². The lowest BCUT2D eigenvalue weighted by atomic mass is 10.0. The lowest BCUT2D eigenvalue weighted by Crippen LogP contribution is -2.22. The van der Waals surface area contributed by atoms with Gasteiger partial charge >= 0.3 is 6.03 Å². The highest BCUT2D eigenvalue weighted by molar-refractivity contribution is 6.09. The van der Waals surface area contributed by atoms with Crippen LogP contribution in [0.15, 0.2) is 60.7 Å². The normalized spacial score (nSPS) is 10.6. The van der Waals surface area contributed by atoms with Gasteiger partial charge in [0.2, 0.25) is 0 Å². The number of nitrogens with two attached hydrogens (primary N) is 1. The maximum Gasteiger partial charge on any atom is 0.323 e. The molecule has 0 bridgehead atoms. The lowest BCUT2D eigenvalue weighted by molar-refractivity contribution is 0.100. The minimum Gasteiger partial charge on any atom is -0.366 e. The molecule has 0 spiro atoms. The molecular formula is C22H23N3O2. The lowest BCUT2D eigenvalue weighted by Gasteiger charge is -2.12. The molecule has 5 nitrogen and oxygen atoms in total. The number of fused-ring (bicyclic) bond motifs is 1. The third-order valence-electron chi connectivity index (χ3n) is 4.43. The summed E-state index contributed by atoms with van der Waals surface area (Å²) in [5, 5.41) is 7.32. The maximum atomic E-state index is 12.4. The van der Waals surface area contributed by atoms with E-state index in [0.29, 0.717) is 11.4 Å². The Morgan fingerprint density at radius 2 is 1.59 bits per heavy atom. The largest absolute Gasteiger partial charge is 0.366 e. The van der Waals surface area contributed by atoms with Crippen molar-refractivity contribution in [3.63, 3.8) is 0 Å². The summed E-state index contributed by atoms with van der Waals surface area (Å²) >= 11 is 0. The van der Waals surface area contributed by atoms with Gasteiger partial charge in [0.05, 0.1) is 11.3 Å². The van der Waals surface area contributed by atoms with Gasteiger partial charge in [-0.3, -0.25) is 4.79 Å². The van der Waals surface area contributed by atoms with Crippen LogP contribution >= 0.6 is 0 Å². The molecule has 0 radical (unpaired) electrons. The Labute approximate surface area is 158 Å². The number of benzene rings is 3. The number of hydrogen-bond donors (Lipinski definition) is 3. The Kier molecular flexibility index (Phi) is 5.71. The molecule has 0 aliphatic carbocycles. The zero-order valence-corrected chi connectivity index (χ0v) is 15.3. The minimum atomic E-state index is -0.587. The van der Waals surface area contributed by atoms with Crippen molar-refractivity contribution in [3.8, 4) is 0 Å². The molecule has 0 saturated carbocycles. The van der Waals surface area contributed by atoms with Crippen LogP contribution in [0.5, 0.6) is 0 Å². The van der Waals surface area contributed by atoms with Crippen molar-refractivity contribution in [1.82, 2.24) is 0 Å². The first kappa shape index (κ1) is 18.5. The Hall–Kier alpha value is -3.34. The first-order valence-corrected chi connectivity index (χ1v) is 9.06. The molecule has 0 aromatic heterocycles. The molecule has 3 aromatic carbocycles. The molecule has 3 aromatic rings. The van der Waals surface area contributed by atoms with Gasteiger partial charge in [-0.25, -0.2) is 4.79 Å². The second kappa shape index (κ2) is 8.36. The number of aryl methyl sites for hydroxylation is 1. The number of hydrogen-bond acceptors (Lipinski definition) is 2. The van der Waals surface area contributed by atoms with Gasteiger partial charge < -0.3 is 16.4 Å². The van der Waals surface area contributed by atoms with Crippen LogP contribution in [0.4, 0.5) is 16.2 Å². The fourth-order valence-corrected chi connectivity index (χ4v) is 2.97. The Bertz CT molecular complexity index is 965. The molecule has 0 atom stereocenters. The molecule has 3 amide bonds. The van der Waals surface area contributed by atoms with Crippen LogP contribution in [0.1, 0.15) is 35.7 Å². The molecule has 0 aliphatic rings. The van der Waals surface area contributed by atoms with Gasteiger partial charge in [-0.1, -0.05) is 49.7 Å². The molecule has 0 unspecified atom stereocenters. The van der Waals surface area contributed by atoms with Gasteiger partial charge in [0.1, 0.15) is 0 Å². The maximum absolute atomic E-state index is 12.4. The van der Waals surface area contributed by atoms with Crippen LogP contribution in [-0.2, 0) is 6.42 Å². The number of urea groups is 1. The van der Waals surface area contributed by atoms with Crippen molar-refractivity contribution in [2.24, 2.45) is 5.73 Å². The van der Waals surface area contributed by atoms with Crippen molar-refractivity contribution < 1.29 is 9.59 Å². The van der Waals surface area contributed by atoms with Gasteiger partial charge in [-0.05, 0) is 53.4 Å². The summed E-state index contributed by atoms with van der Waals surface area (Å²) in [5.41, 5.74) is 8.08. The van der Waals surface area contributed by atoms with E-state index in [1.165, 1.54) is 5.56 Å². The number of primary amides is 1. The predicted octanol–water partition coefficient (Wildman–Crippen LogP) is 4.93. The van der Waals surface area contributed by atoms with Crippen LogP contribution < -0.4 is 16.4 Å². The Balaban J connectivity index is 1.75. The number of nitrogens with one attached hydrogen (secondary N) is 2. The first-order valence-electron chi connectivity index (χ1n) is 9.06. The van der Waals surface area contributed by atoms with E-state index in [2.05, 4.69) is 17.6 Å². The van der Waals surface area contributed by atoms with Gasteiger partial charge in [0, 0.05) is 5.69 Å². The van der Waals surface area contributed by atoms with E-state index in [4.69, 9.17) is 5.73 Å². The summed E-state index contributed by atoms with van der Waals surface area (Å²) in [5.74, 6) is -0.587. The van der Waals surface area contributed by atoms with Gasteiger partial charge in [0.25, 0.3) is 5.91 Å². The first-order chi connectivity index (χ1) is 13.1.